The molecule has 1 aromatic heterocycles. The van der Waals surface area contributed by atoms with E-state index in [1.807, 2.05) is 42.6 Å². The van der Waals surface area contributed by atoms with Gasteiger partial charge in [0.25, 0.3) is 0 Å². The summed E-state index contributed by atoms with van der Waals surface area (Å²) in [6.45, 7) is 0.745. The molecular weight excluding hydrogens is 304 g/mol. The first kappa shape index (κ1) is 16.5. The van der Waals surface area contributed by atoms with E-state index in [2.05, 4.69) is 9.88 Å². The number of carbonyl (C=O) groups is 1. The molecule has 1 aliphatic rings. The van der Waals surface area contributed by atoms with Crippen LogP contribution in [0, 0.1) is 0 Å². The normalized spacial score (nSPS) is 19.6. The molecule has 1 aromatic carbocycles. The van der Waals surface area contributed by atoms with Gasteiger partial charge >= 0.3 is 5.97 Å². The number of likely N-dealkylation sites (tertiary alicyclic amines) is 1. The predicted molar refractivity (Wildman–Crippen MR) is 91.1 cm³/mol. The van der Waals surface area contributed by atoms with Gasteiger partial charge in [-0.3, -0.25) is 14.7 Å². The maximum Gasteiger partial charge on any atom is 0.320 e. The Bertz CT molecular complexity index is 690. The van der Waals surface area contributed by atoms with Gasteiger partial charge in [-0.2, -0.15) is 0 Å². The number of hydrogen-bond acceptors (Lipinski definition) is 4. The minimum atomic E-state index is -0.765. The highest BCUT2D eigenvalue weighted by Crippen LogP contribution is 2.37. The molecule has 1 saturated heterocycles. The quantitative estimate of drug-likeness (QED) is 0.914. The van der Waals surface area contributed by atoms with Crippen molar-refractivity contribution < 1.29 is 14.6 Å². The monoisotopic (exact) mass is 326 g/mol. The number of ether oxygens (including phenoxy) is 1. The second-order valence-corrected chi connectivity index (χ2v) is 6.02. The molecule has 0 aliphatic carbocycles. The van der Waals surface area contributed by atoms with Crippen LogP contribution in [-0.4, -0.2) is 40.7 Å². The molecule has 5 nitrogen and oxygen atoms in total. The average Bonchev–Trinajstić information content (AvgIpc) is 2.63. The standard InChI is InChI=1S/C19H22N2O3/c1-24-17-10-3-2-8-15(17)18(14-7-6-11-20-13-14)21-12-5-4-9-16(21)19(22)23/h2-3,6-8,10-11,13,16,18H,4-5,9,12H2,1H3,(H,22,23). The van der Waals surface area contributed by atoms with Crippen LogP contribution in [0.3, 0.4) is 0 Å². The molecule has 2 heterocycles. The van der Waals surface area contributed by atoms with Gasteiger partial charge < -0.3 is 9.84 Å². The number of rotatable bonds is 5. The van der Waals surface area contributed by atoms with Gasteiger partial charge in [0.2, 0.25) is 0 Å². The van der Waals surface area contributed by atoms with Crippen molar-refractivity contribution in [2.75, 3.05) is 13.7 Å². The molecule has 0 amide bonds. The average molecular weight is 326 g/mol. The van der Waals surface area contributed by atoms with Crippen molar-refractivity contribution in [3.8, 4) is 5.75 Å². The third-order valence-corrected chi connectivity index (χ3v) is 4.59. The predicted octanol–water partition coefficient (Wildman–Crippen LogP) is 3.12. The van der Waals surface area contributed by atoms with Gasteiger partial charge in [0.15, 0.2) is 0 Å². The van der Waals surface area contributed by atoms with Crippen molar-refractivity contribution in [3.63, 3.8) is 0 Å². The van der Waals surface area contributed by atoms with Gasteiger partial charge in [0.05, 0.1) is 13.2 Å². The number of carboxylic acid groups (broad SMARTS) is 1. The zero-order valence-corrected chi connectivity index (χ0v) is 13.8. The summed E-state index contributed by atoms with van der Waals surface area (Å²) in [5, 5.41) is 9.69. The van der Waals surface area contributed by atoms with Crippen molar-refractivity contribution in [3.05, 3.63) is 59.9 Å². The first-order valence-corrected chi connectivity index (χ1v) is 8.23. The molecule has 2 aromatic rings. The largest absolute Gasteiger partial charge is 0.496 e. The number of benzene rings is 1. The van der Waals surface area contributed by atoms with Gasteiger partial charge in [0.1, 0.15) is 11.8 Å². The third kappa shape index (κ3) is 3.26. The molecule has 0 radical (unpaired) electrons. The molecule has 5 heteroatoms. The maximum absolute atomic E-state index is 11.8. The highest BCUT2D eigenvalue weighted by Gasteiger charge is 2.36. The zero-order chi connectivity index (χ0) is 16.9. The summed E-state index contributed by atoms with van der Waals surface area (Å²) in [4.78, 5) is 18.1. The molecule has 3 rings (SSSR count). The fourth-order valence-electron chi connectivity index (χ4n) is 3.51. The molecule has 1 fully saturated rings. The number of piperidine rings is 1. The van der Waals surface area contributed by atoms with E-state index in [1.54, 1.807) is 13.3 Å². The van der Waals surface area contributed by atoms with E-state index in [1.165, 1.54) is 0 Å². The molecule has 1 N–H and O–H groups in total. The van der Waals surface area contributed by atoms with Crippen molar-refractivity contribution in [2.24, 2.45) is 0 Å². The molecule has 0 bridgehead atoms. The summed E-state index contributed by atoms with van der Waals surface area (Å²) >= 11 is 0. The van der Waals surface area contributed by atoms with Gasteiger partial charge in [0, 0.05) is 18.0 Å². The lowest BCUT2D eigenvalue weighted by Crippen LogP contribution is -2.46. The van der Waals surface area contributed by atoms with Crippen LogP contribution in [0.2, 0.25) is 0 Å². The van der Waals surface area contributed by atoms with Crippen molar-refractivity contribution in [1.29, 1.82) is 0 Å². The second-order valence-electron chi connectivity index (χ2n) is 6.02. The number of para-hydroxylation sites is 1. The molecule has 0 saturated carbocycles. The number of hydrogen-bond donors (Lipinski definition) is 1. The number of aromatic nitrogens is 1. The number of methoxy groups -OCH3 is 1. The van der Waals surface area contributed by atoms with E-state index < -0.39 is 12.0 Å². The number of pyridine rings is 1. The summed E-state index contributed by atoms with van der Waals surface area (Å²) in [6, 6.07) is 11.0. The summed E-state index contributed by atoms with van der Waals surface area (Å²) in [5.41, 5.74) is 1.95. The summed E-state index contributed by atoms with van der Waals surface area (Å²) < 4.78 is 5.54. The first-order valence-electron chi connectivity index (χ1n) is 8.23. The van der Waals surface area contributed by atoms with Gasteiger partial charge in [-0.05, 0) is 37.1 Å². The van der Waals surface area contributed by atoms with Gasteiger partial charge in [-0.25, -0.2) is 0 Å². The van der Waals surface area contributed by atoms with Crippen LogP contribution >= 0.6 is 0 Å². The Morgan fingerprint density at radius 2 is 2.12 bits per heavy atom. The van der Waals surface area contributed by atoms with E-state index in [4.69, 9.17) is 4.74 Å². The summed E-state index contributed by atoms with van der Waals surface area (Å²) in [6.07, 6.45) is 6.15. The second kappa shape index (κ2) is 7.45. The minimum absolute atomic E-state index is 0.184. The van der Waals surface area contributed by atoms with Crippen LogP contribution in [0.15, 0.2) is 48.8 Å². The van der Waals surface area contributed by atoms with Crippen LogP contribution in [-0.2, 0) is 4.79 Å². The van der Waals surface area contributed by atoms with Crippen LogP contribution in [0.5, 0.6) is 5.75 Å². The smallest absolute Gasteiger partial charge is 0.320 e. The molecule has 2 atom stereocenters. The molecule has 24 heavy (non-hydrogen) atoms. The SMILES string of the molecule is COc1ccccc1C(c1cccnc1)N1CCCCC1C(=O)O. The van der Waals surface area contributed by atoms with Crippen LogP contribution in [0.1, 0.15) is 36.4 Å². The molecule has 126 valence electrons. The fourth-order valence-corrected chi connectivity index (χ4v) is 3.51. The van der Waals surface area contributed by atoms with Crippen LogP contribution in [0.25, 0.3) is 0 Å². The summed E-state index contributed by atoms with van der Waals surface area (Å²) in [7, 11) is 1.64. The van der Waals surface area contributed by atoms with Crippen molar-refractivity contribution in [2.45, 2.75) is 31.3 Å². The first-order chi connectivity index (χ1) is 11.7. The number of aliphatic carboxylic acids is 1. The highest BCUT2D eigenvalue weighted by atomic mass is 16.5. The molecule has 2 unspecified atom stereocenters. The maximum atomic E-state index is 11.8. The van der Waals surface area contributed by atoms with E-state index in [0.717, 1.165) is 36.3 Å². The Morgan fingerprint density at radius 1 is 1.29 bits per heavy atom. The van der Waals surface area contributed by atoms with Crippen molar-refractivity contribution in [1.82, 2.24) is 9.88 Å². The van der Waals surface area contributed by atoms with E-state index >= 15 is 0 Å². The Morgan fingerprint density at radius 3 is 2.83 bits per heavy atom. The highest BCUT2D eigenvalue weighted by molar-refractivity contribution is 5.73. The van der Waals surface area contributed by atoms with Crippen LogP contribution in [0.4, 0.5) is 0 Å². The lowest BCUT2D eigenvalue weighted by Gasteiger charge is -2.39. The van der Waals surface area contributed by atoms with E-state index in [0.29, 0.717) is 6.42 Å². The Balaban J connectivity index is 2.10. The third-order valence-electron chi connectivity index (χ3n) is 4.59. The van der Waals surface area contributed by atoms with Gasteiger partial charge in [-0.15, -0.1) is 0 Å². The minimum Gasteiger partial charge on any atom is -0.496 e. The Hall–Kier alpha value is -2.40. The Labute approximate surface area is 141 Å². The lowest BCUT2D eigenvalue weighted by molar-refractivity contribution is -0.145. The van der Waals surface area contributed by atoms with E-state index in [9.17, 15) is 9.90 Å². The van der Waals surface area contributed by atoms with E-state index in [-0.39, 0.29) is 6.04 Å². The van der Waals surface area contributed by atoms with Gasteiger partial charge in [-0.1, -0.05) is 30.7 Å². The Kier molecular flexibility index (Phi) is 5.11. The fraction of sp³-hybridized carbons (Fsp3) is 0.368. The molecular formula is C19H22N2O3. The number of carboxylic acids is 1. The zero-order valence-electron chi connectivity index (χ0n) is 13.8. The number of nitrogens with zero attached hydrogens (tertiary/aromatic N) is 2. The summed E-state index contributed by atoms with van der Waals surface area (Å²) in [5.74, 6) is -0.000413. The van der Waals surface area contributed by atoms with Crippen molar-refractivity contribution >= 4 is 5.97 Å². The lowest BCUT2D eigenvalue weighted by atomic mass is 9.92. The molecule has 1 aliphatic heterocycles. The van der Waals surface area contributed by atoms with Crippen LogP contribution < -0.4 is 4.74 Å². The molecule has 0 spiro atoms. The topological polar surface area (TPSA) is 62.7 Å².